The summed E-state index contributed by atoms with van der Waals surface area (Å²) in [6.45, 7) is 3.55. The summed E-state index contributed by atoms with van der Waals surface area (Å²) in [5, 5.41) is 3.16. The van der Waals surface area contributed by atoms with Crippen LogP contribution in [0.25, 0.3) is 0 Å². The van der Waals surface area contributed by atoms with Crippen LogP contribution in [0.1, 0.15) is 32.6 Å². The van der Waals surface area contributed by atoms with E-state index in [9.17, 15) is 9.59 Å². The van der Waals surface area contributed by atoms with Crippen molar-refractivity contribution in [2.75, 3.05) is 18.8 Å². The molecular weight excluding hydrogens is 236 g/mol. The molecule has 0 bridgehead atoms. The largest absolute Gasteiger partial charge is 0.355 e. The molecule has 2 aliphatic heterocycles. The van der Waals surface area contributed by atoms with Gasteiger partial charge in [-0.3, -0.25) is 9.59 Å². The van der Waals surface area contributed by atoms with Crippen molar-refractivity contribution in [1.29, 1.82) is 0 Å². The van der Waals surface area contributed by atoms with Gasteiger partial charge < -0.3 is 10.2 Å². The molecule has 2 rings (SSSR count). The highest BCUT2D eigenvalue weighted by Crippen LogP contribution is 2.29. The van der Waals surface area contributed by atoms with Crippen molar-refractivity contribution < 1.29 is 9.59 Å². The van der Waals surface area contributed by atoms with E-state index in [-0.39, 0.29) is 17.7 Å². The van der Waals surface area contributed by atoms with Crippen molar-refractivity contribution in [3.05, 3.63) is 0 Å². The molecule has 2 amide bonds. The first-order valence-electron chi connectivity index (χ1n) is 6.41. The van der Waals surface area contributed by atoms with Crippen LogP contribution in [0.2, 0.25) is 0 Å². The summed E-state index contributed by atoms with van der Waals surface area (Å²) in [6.07, 6.45) is 3.40. The van der Waals surface area contributed by atoms with Crippen LogP contribution in [0.4, 0.5) is 0 Å². The maximum Gasteiger partial charge on any atom is 0.228 e. The van der Waals surface area contributed by atoms with Gasteiger partial charge in [-0.2, -0.15) is 0 Å². The molecule has 96 valence electrons. The summed E-state index contributed by atoms with van der Waals surface area (Å²) in [4.78, 5) is 25.5. The first-order chi connectivity index (χ1) is 8.22. The van der Waals surface area contributed by atoms with Gasteiger partial charge in [0, 0.05) is 25.3 Å². The van der Waals surface area contributed by atoms with Gasteiger partial charge in [-0.05, 0) is 12.8 Å². The summed E-state index contributed by atoms with van der Waals surface area (Å²) in [7, 11) is 0. The Bertz CT molecular complexity index is 299. The lowest BCUT2D eigenvalue weighted by atomic mass is 9.97. The zero-order valence-electron chi connectivity index (χ0n) is 10.3. The lowest BCUT2D eigenvalue weighted by Gasteiger charge is -2.30. The Labute approximate surface area is 106 Å². The fourth-order valence-corrected chi connectivity index (χ4v) is 3.80. The molecule has 2 heterocycles. The van der Waals surface area contributed by atoms with E-state index in [2.05, 4.69) is 12.2 Å². The fourth-order valence-electron chi connectivity index (χ4n) is 2.44. The number of hydrogen-bond donors (Lipinski definition) is 1. The summed E-state index contributed by atoms with van der Waals surface area (Å²) >= 11 is 1.89. The molecule has 5 heteroatoms. The normalized spacial score (nSPS) is 29.2. The van der Waals surface area contributed by atoms with Crippen molar-refractivity contribution in [2.45, 2.75) is 38.0 Å². The third-order valence-corrected chi connectivity index (χ3v) is 4.72. The lowest BCUT2D eigenvalue weighted by Crippen LogP contribution is -2.46. The van der Waals surface area contributed by atoms with Gasteiger partial charge in [0.1, 0.15) is 0 Å². The van der Waals surface area contributed by atoms with E-state index in [1.54, 1.807) is 0 Å². The topological polar surface area (TPSA) is 49.4 Å². The number of nitrogens with one attached hydrogen (secondary N) is 1. The first-order valence-corrected chi connectivity index (χ1v) is 7.46. The van der Waals surface area contributed by atoms with E-state index < -0.39 is 0 Å². The zero-order valence-corrected chi connectivity index (χ0v) is 11.1. The van der Waals surface area contributed by atoms with Gasteiger partial charge in [-0.25, -0.2) is 0 Å². The lowest BCUT2D eigenvalue weighted by molar-refractivity contribution is -0.137. The minimum Gasteiger partial charge on any atom is -0.355 e. The van der Waals surface area contributed by atoms with Crippen molar-refractivity contribution in [3.63, 3.8) is 0 Å². The number of amides is 2. The Morgan fingerprint density at radius 1 is 1.59 bits per heavy atom. The molecule has 0 saturated carbocycles. The van der Waals surface area contributed by atoms with Crippen LogP contribution in [0.5, 0.6) is 0 Å². The molecule has 2 unspecified atom stereocenters. The molecule has 0 radical (unpaired) electrons. The fraction of sp³-hybridized carbons (Fsp3) is 0.833. The highest BCUT2D eigenvalue weighted by molar-refractivity contribution is 8.00. The summed E-state index contributed by atoms with van der Waals surface area (Å²) in [5.74, 6) is 1.38. The van der Waals surface area contributed by atoms with E-state index in [0.717, 1.165) is 25.1 Å². The van der Waals surface area contributed by atoms with Crippen LogP contribution in [0.15, 0.2) is 0 Å². The molecular formula is C12H20N2O2S. The third kappa shape index (κ3) is 2.94. The average molecular weight is 256 g/mol. The molecule has 1 N–H and O–H groups in total. The monoisotopic (exact) mass is 256 g/mol. The van der Waals surface area contributed by atoms with Gasteiger partial charge in [0.15, 0.2) is 0 Å². The Balaban J connectivity index is 1.92. The predicted molar refractivity (Wildman–Crippen MR) is 68.6 cm³/mol. The van der Waals surface area contributed by atoms with Crippen molar-refractivity contribution in [3.8, 4) is 0 Å². The Morgan fingerprint density at radius 3 is 3.06 bits per heavy atom. The molecule has 4 nitrogen and oxygen atoms in total. The van der Waals surface area contributed by atoms with Crippen LogP contribution >= 0.6 is 11.8 Å². The maximum atomic E-state index is 12.4. The highest BCUT2D eigenvalue weighted by atomic mass is 32.2. The van der Waals surface area contributed by atoms with E-state index in [4.69, 9.17) is 0 Å². The SMILES string of the molecule is CCCC1SCCN1C(=O)C1CCC(=O)NC1. The van der Waals surface area contributed by atoms with E-state index in [1.165, 1.54) is 0 Å². The molecule has 2 fully saturated rings. The number of nitrogens with zero attached hydrogens (tertiary/aromatic N) is 1. The molecule has 0 aromatic heterocycles. The van der Waals surface area contributed by atoms with Gasteiger partial charge in [-0.1, -0.05) is 13.3 Å². The molecule has 2 saturated heterocycles. The Kier molecular flexibility index (Phi) is 4.31. The predicted octanol–water partition coefficient (Wildman–Crippen LogP) is 1.21. The van der Waals surface area contributed by atoms with Crippen molar-refractivity contribution in [2.24, 2.45) is 5.92 Å². The highest BCUT2D eigenvalue weighted by Gasteiger charge is 2.34. The number of rotatable bonds is 3. The number of carbonyl (C=O) groups is 2. The Hall–Kier alpha value is -0.710. The second-order valence-corrected chi connectivity index (χ2v) is 5.97. The van der Waals surface area contributed by atoms with Crippen LogP contribution in [-0.2, 0) is 9.59 Å². The summed E-state index contributed by atoms with van der Waals surface area (Å²) < 4.78 is 0. The minimum atomic E-state index is 0.00533. The van der Waals surface area contributed by atoms with E-state index in [0.29, 0.717) is 24.8 Å². The molecule has 0 aliphatic carbocycles. The van der Waals surface area contributed by atoms with E-state index in [1.807, 2.05) is 16.7 Å². The first kappa shape index (κ1) is 12.7. The smallest absolute Gasteiger partial charge is 0.228 e. The number of carbonyl (C=O) groups excluding carboxylic acids is 2. The number of thioether (sulfide) groups is 1. The zero-order chi connectivity index (χ0) is 12.3. The van der Waals surface area contributed by atoms with Crippen LogP contribution < -0.4 is 5.32 Å². The van der Waals surface area contributed by atoms with Crippen LogP contribution in [-0.4, -0.2) is 40.9 Å². The van der Waals surface area contributed by atoms with Crippen molar-refractivity contribution in [1.82, 2.24) is 10.2 Å². The maximum absolute atomic E-state index is 12.4. The third-order valence-electron chi connectivity index (χ3n) is 3.42. The van der Waals surface area contributed by atoms with Gasteiger partial charge >= 0.3 is 0 Å². The van der Waals surface area contributed by atoms with Gasteiger partial charge in [0.2, 0.25) is 11.8 Å². The summed E-state index contributed by atoms with van der Waals surface area (Å²) in [5.41, 5.74) is 0. The minimum absolute atomic E-state index is 0.00533. The average Bonchev–Trinajstić information content (AvgIpc) is 2.78. The number of hydrogen-bond acceptors (Lipinski definition) is 3. The molecule has 0 aromatic rings. The standard InChI is InChI=1S/C12H20N2O2S/c1-2-3-11-14(6-7-17-11)12(16)9-4-5-10(15)13-8-9/h9,11H,2-8H2,1H3,(H,13,15). The summed E-state index contributed by atoms with van der Waals surface area (Å²) in [6, 6.07) is 0. The molecule has 2 atom stereocenters. The van der Waals surface area contributed by atoms with Crippen molar-refractivity contribution >= 4 is 23.6 Å². The van der Waals surface area contributed by atoms with Gasteiger partial charge in [-0.15, -0.1) is 11.8 Å². The Morgan fingerprint density at radius 2 is 2.41 bits per heavy atom. The van der Waals surface area contributed by atoms with Crippen LogP contribution in [0.3, 0.4) is 0 Å². The second-order valence-electron chi connectivity index (χ2n) is 4.69. The molecule has 0 spiro atoms. The molecule has 17 heavy (non-hydrogen) atoms. The molecule has 0 aromatic carbocycles. The van der Waals surface area contributed by atoms with Crippen LogP contribution in [0, 0.1) is 5.92 Å². The second kappa shape index (κ2) is 5.76. The van der Waals surface area contributed by atoms with Gasteiger partial charge in [0.25, 0.3) is 0 Å². The van der Waals surface area contributed by atoms with E-state index >= 15 is 0 Å². The quantitative estimate of drug-likeness (QED) is 0.826. The van der Waals surface area contributed by atoms with Gasteiger partial charge in [0.05, 0.1) is 11.3 Å². The molecule has 2 aliphatic rings. The number of piperidine rings is 1.